The highest BCUT2D eigenvalue weighted by atomic mass is 15.2. The fraction of sp³-hybridized carbons (Fsp3) is 0.286. The van der Waals surface area contributed by atoms with E-state index in [1.54, 1.807) is 0 Å². The molecule has 0 spiro atoms. The molecule has 24 heavy (non-hydrogen) atoms. The van der Waals surface area contributed by atoms with E-state index in [4.69, 9.17) is 0 Å². The summed E-state index contributed by atoms with van der Waals surface area (Å²) in [5, 5.41) is 0. The van der Waals surface area contributed by atoms with E-state index in [0.29, 0.717) is 12.1 Å². The first-order chi connectivity index (χ1) is 11.8. The predicted octanol–water partition coefficient (Wildman–Crippen LogP) is 4.23. The molecule has 0 saturated carbocycles. The molecule has 1 saturated heterocycles. The fourth-order valence-corrected chi connectivity index (χ4v) is 3.89. The topological polar surface area (TPSA) is 21.1 Å². The number of benzene rings is 2. The van der Waals surface area contributed by atoms with E-state index in [9.17, 15) is 0 Å². The highest BCUT2D eigenvalue weighted by molar-refractivity contribution is 5.32. The highest BCUT2D eigenvalue weighted by Gasteiger charge is 2.31. The number of likely N-dealkylation sites (tertiary alicyclic amines) is 1. The zero-order valence-corrected chi connectivity index (χ0v) is 14.0. The van der Waals surface area contributed by atoms with Gasteiger partial charge in [0.1, 0.15) is 5.82 Å². The monoisotopic (exact) mass is 317 g/mol. The Morgan fingerprint density at radius 2 is 1.58 bits per heavy atom. The van der Waals surface area contributed by atoms with Gasteiger partial charge in [-0.2, -0.15) is 0 Å². The minimum absolute atomic E-state index is 0.321. The zero-order chi connectivity index (χ0) is 16.4. The third-order valence-electron chi connectivity index (χ3n) is 5.05. The van der Waals surface area contributed by atoms with Gasteiger partial charge in [-0.3, -0.25) is 4.90 Å². The number of aromatic nitrogens is 2. The summed E-state index contributed by atoms with van der Waals surface area (Å²) in [7, 11) is 0. The van der Waals surface area contributed by atoms with Crippen LogP contribution < -0.4 is 0 Å². The van der Waals surface area contributed by atoms with Crippen LogP contribution in [0.5, 0.6) is 0 Å². The second kappa shape index (κ2) is 6.62. The van der Waals surface area contributed by atoms with Crippen molar-refractivity contribution in [2.24, 2.45) is 0 Å². The molecule has 0 N–H and O–H groups in total. The highest BCUT2D eigenvalue weighted by Crippen LogP contribution is 2.34. The Morgan fingerprint density at radius 3 is 2.12 bits per heavy atom. The molecule has 1 aromatic heterocycles. The lowest BCUT2D eigenvalue weighted by Gasteiger charge is -2.29. The van der Waals surface area contributed by atoms with Crippen LogP contribution in [-0.2, 0) is 0 Å². The summed E-state index contributed by atoms with van der Waals surface area (Å²) in [5.41, 5.74) is 2.73. The minimum Gasteiger partial charge on any atom is -0.331 e. The van der Waals surface area contributed by atoms with E-state index in [1.807, 2.05) is 6.20 Å². The summed E-state index contributed by atoms with van der Waals surface area (Å²) in [6.45, 7) is 4.26. The van der Waals surface area contributed by atoms with Crippen molar-refractivity contribution >= 4 is 0 Å². The number of aryl methyl sites for hydroxylation is 1. The van der Waals surface area contributed by atoms with Crippen LogP contribution in [0.25, 0.3) is 0 Å². The van der Waals surface area contributed by atoms with Crippen LogP contribution >= 0.6 is 0 Å². The molecule has 0 bridgehead atoms. The van der Waals surface area contributed by atoms with Crippen molar-refractivity contribution in [1.29, 1.82) is 0 Å². The molecule has 2 heterocycles. The van der Waals surface area contributed by atoms with Gasteiger partial charge in [0.2, 0.25) is 0 Å². The maximum absolute atomic E-state index is 4.39. The molecule has 0 radical (unpaired) electrons. The molecule has 3 nitrogen and oxygen atoms in total. The SMILES string of the molecule is Cc1nccn1C1CCN(C(c2ccccc2)c2ccccc2)C1. The van der Waals surface area contributed by atoms with Crippen molar-refractivity contribution in [3.63, 3.8) is 0 Å². The normalized spacial score (nSPS) is 18.3. The summed E-state index contributed by atoms with van der Waals surface area (Å²) < 4.78 is 2.33. The van der Waals surface area contributed by atoms with E-state index in [0.717, 1.165) is 18.9 Å². The lowest BCUT2D eigenvalue weighted by molar-refractivity contribution is 0.269. The standard InChI is InChI=1S/C21H23N3/c1-17-22-13-15-24(17)20-12-14-23(16-20)21(18-8-4-2-5-9-18)19-10-6-3-7-11-19/h2-11,13,15,20-21H,12,14,16H2,1H3. The summed E-state index contributed by atoms with van der Waals surface area (Å²) in [6.07, 6.45) is 5.20. The maximum atomic E-state index is 4.39. The molecule has 3 aromatic rings. The maximum Gasteiger partial charge on any atom is 0.105 e. The molecule has 122 valence electrons. The molecule has 4 rings (SSSR count). The summed E-state index contributed by atoms with van der Waals surface area (Å²) in [6, 6.07) is 22.5. The molecular weight excluding hydrogens is 294 g/mol. The van der Waals surface area contributed by atoms with Gasteiger partial charge in [-0.05, 0) is 24.5 Å². The lowest BCUT2D eigenvalue weighted by Crippen LogP contribution is -2.28. The van der Waals surface area contributed by atoms with Crippen molar-refractivity contribution < 1.29 is 0 Å². The average Bonchev–Trinajstić information content (AvgIpc) is 3.26. The Labute approximate surface area is 143 Å². The van der Waals surface area contributed by atoms with Gasteiger partial charge in [-0.15, -0.1) is 0 Å². The van der Waals surface area contributed by atoms with Crippen molar-refractivity contribution in [2.45, 2.75) is 25.4 Å². The molecule has 1 atom stereocenters. The Hall–Kier alpha value is -2.39. The Kier molecular flexibility index (Phi) is 4.18. The van der Waals surface area contributed by atoms with Gasteiger partial charge in [0.15, 0.2) is 0 Å². The molecule has 1 fully saturated rings. The van der Waals surface area contributed by atoms with Crippen LogP contribution in [0.15, 0.2) is 73.1 Å². The van der Waals surface area contributed by atoms with E-state index in [1.165, 1.54) is 17.5 Å². The van der Waals surface area contributed by atoms with E-state index in [-0.39, 0.29) is 0 Å². The summed E-state index contributed by atoms with van der Waals surface area (Å²) in [5.74, 6) is 1.11. The van der Waals surface area contributed by atoms with Gasteiger partial charge in [0.05, 0.1) is 6.04 Å². The van der Waals surface area contributed by atoms with Crippen LogP contribution in [0.2, 0.25) is 0 Å². The van der Waals surface area contributed by atoms with E-state index < -0.39 is 0 Å². The van der Waals surface area contributed by atoms with Gasteiger partial charge >= 0.3 is 0 Å². The Morgan fingerprint density at radius 1 is 0.958 bits per heavy atom. The summed E-state index contributed by atoms with van der Waals surface area (Å²) >= 11 is 0. The Balaban J connectivity index is 1.64. The zero-order valence-electron chi connectivity index (χ0n) is 14.0. The van der Waals surface area contributed by atoms with E-state index >= 15 is 0 Å². The van der Waals surface area contributed by atoms with Crippen LogP contribution in [0.4, 0.5) is 0 Å². The lowest BCUT2D eigenvalue weighted by atomic mass is 9.97. The first-order valence-corrected chi connectivity index (χ1v) is 8.66. The predicted molar refractivity (Wildman–Crippen MR) is 96.9 cm³/mol. The third-order valence-corrected chi connectivity index (χ3v) is 5.05. The number of nitrogens with zero attached hydrogens (tertiary/aromatic N) is 3. The molecule has 0 aliphatic carbocycles. The number of hydrogen-bond donors (Lipinski definition) is 0. The van der Waals surface area contributed by atoms with Crippen molar-refractivity contribution in [3.05, 3.63) is 90.0 Å². The second-order valence-electron chi connectivity index (χ2n) is 6.54. The molecule has 1 aliphatic rings. The van der Waals surface area contributed by atoms with Gasteiger partial charge < -0.3 is 4.57 Å². The van der Waals surface area contributed by atoms with Gasteiger partial charge in [0, 0.05) is 31.5 Å². The number of rotatable bonds is 4. The fourth-order valence-electron chi connectivity index (χ4n) is 3.89. The molecular formula is C21H23N3. The van der Waals surface area contributed by atoms with Crippen molar-refractivity contribution in [2.75, 3.05) is 13.1 Å². The van der Waals surface area contributed by atoms with Crippen LogP contribution in [0.3, 0.4) is 0 Å². The first-order valence-electron chi connectivity index (χ1n) is 8.66. The molecule has 2 aromatic carbocycles. The van der Waals surface area contributed by atoms with Crippen LogP contribution in [0.1, 0.15) is 35.5 Å². The molecule has 0 amide bonds. The number of imidazole rings is 1. The van der Waals surface area contributed by atoms with Crippen molar-refractivity contribution in [1.82, 2.24) is 14.5 Å². The quantitative estimate of drug-likeness (QED) is 0.718. The summed E-state index contributed by atoms with van der Waals surface area (Å²) in [4.78, 5) is 7.00. The molecule has 3 heteroatoms. The van der Waals surface area contributed by atoms with Crippen LogP contribution in [0, 0.1) is 6.92 Å². The van der Waals surface area contributed by atoms with Gasteiger partial charge in [-0.25, -0.2) is 4.98 Å². The minimum atomic E-state index is 0.321. The van der Waals surface area contributed by atoms with Gasteiger partial charge in [-0.1, -0.05) is 60.7 Å². The number of hydrogen-bond acceptors (Lipinski definition) is 2. The van der Waals surface area contributed by atoms with Crippen molar-refractivity contribution in [3.8, 4) is 0 Å². The van der Waals surface area contributed by atoms with Gasteiger partial charge in [0.25, 0.3) is 0 Å². The first kappa shape index (κ1) is 15.2. The largest absolute Gasteiger partial charge is 0.331 e. The van der Waals surface area contributed by atoms with E-state index in [2.05, 4.69) is 88.2 Å². The smallest absolute Gasteiger partial charge is 0.105 e. The second-order valence-corrected chi connectivity index (χ2v) is 6.54. The third kappa shape index (κ3) is 2.87. The Bertz CT molecular complexity index is 740. The molecule has 1 aliphatic heterocycles. The molecule has 1 unspecified atom stereocenters. The average molecular weight is 317 g/mol. The van der Waals surface area contributed by atoms with Crippen LogP contribution in [-0.4, -0.2) is 27.5 Å².